The van der Waals surface area contributed by atoms with E-state index < -0.39 is 6.04 Å². The van der Waals surface area contributed by atoms with E-state index in [1.54, 1.807) is 31.5 Å². The van der Waals surface area contributed by atoms with E-state index in [-0.39, 0.29) is 18.1 Å². The molecule has 0 aliphatic heterocycles. The predicted molar refractivity (Wildman–Crippen MR) is 96.3 cm³/mol. The molecular formula is C20H20FN3O2. The number of hydrogen-bond donors (Lipinski definition) is 1. The van der Waals surface area contributed by atoms with Crippen LogP contribution in [-0.4, -0.2) is 22.6 Å². The Morgan fingerprint density at radius 2 is 1.96 bits per heavy atom. The third-order valence-electron chi connectivity index (χ3n) is 4.18. The molecule has 2 aromatic carbocycles. The molecule has 0 aliphatic carbocycles. The fourth-order valence-electron chi connectivity index (χ4n) is 2.78. The van der Waals surface area contributed by atoms with Gasteiger partial charge in [-0.3, -0.25) is 4.79 Å². The molecule has 6 heteroatoms. The minimum atomic E-state index is -0.444. The molecule has 1 aromatic heterocycles. The van der Waals surface area contributed by atoms with Crippen LogP contribution in [-0.2, 0) is 18.3 Å². The fraction of sp³-hybridized carbons (Fsp3) is 0.200. The van der Waals surface area contributed by atoms with Gasteiger partial charge in [0, 0.05) is 19.4 Å². The van der Waals surface area contributed by atoms with Gasteiger partial charge in [-0.1, -0.05) is 30.3 Å². The number of ether oxygens (including phenoxy) is 1. The number of imidazole rings is 1. The van der Waals surface area contributed by atoms with Gasteiger partial charge in [-0.2, -0.15) is 0 Å². The lowest BCUT2D eigenvalue weighted by Gasteiger charge is -2.19. The second-order valence-electron chi connectivity index (χ2n) is 5.94. The van der Waals surface area contributed by atoms with E-state index >= 15 is 0 Å². The van der Waals surface area contributed by atoms with Crippen molar-refractivity contribution >= 4 is 5.91 Å². The number of rotatable bonds is 6. The Balaban J connectivity index is 1.85. The van der Waals surface area contributed by atoms with Crippen molar-refractivity contribution in [3.05, 3.63) is 83.7 Å². The largest absolute Gasteiger partial charge is 0.497 e. The van der Waals surface area contributed by atoms with Gasteiger partial charge in [-0.15, -0.1) is 0 Å². The lowest BCUT2D eigenvalue weighted by Crippen LogP contribution is -2.32. The van der Waals surface area contributed by atoms with E-state index in [4.69, 9.17) is 4.74 Å². The summed E-state index contributed by atoms with van der Waals surface area (Å²) in [6.45, 7) is 0. The van der Waals surface area contributed by atoms with Crippen molar-refractivity contribution in [3.8, 4) is 5.75 Å². The molecule has 0 spiro atoms. The number of benzene rings is 2. The maximum absolute atomic E-state index is 13.8. The third-order valence-corrected chi connectivity index (χ3v) is 4.18. The van der Waals surface area contributed by atoms with Crippen LogP contribution < -0.4 is 10.1 Å². The van der Waals surface area contributed by atoms with E-state index in [9.17, 15) is 9.18 Å². The Morgan fingerprint density at radius 1 is 1.23 bits per heavy atom. The molecule has 0 aliphatic rings. The molecule has 1 atom stereocenters. The number of nitrogens with one attached hydrogen (secondary N) is 1. The summed E-state index contributed by atoms with van der Waals surface area (Å²) in [5.74, 6) is 0.752. The summed E-state index contributed by atoms with van der Waals surface area (Å²) in [5.41, 5.74) is 1.22. The monoisotopic (exact) mass is 353 g/mol. The number of carbonyl (C=O) groups excluding carboxylic acids is 1. The van der Waals surface area contributed by atoms with Crippen molar-refractivity contribution in [3.63, 3.8) is 0 Å². The highest BCUT2D eigenvalue weighted by atomic mass is 19.1. The quantitative estimate of drug-likeness (QED) is 0.741. The summed E-state index contributed by atoms with van der Waals surface area (Å²) >= 11 is 0. The number of methoxy groups -OCH3 is 1. The molecule has 0 radical (unpaired) electrons. The van der Waals surface area contributed by atoms with Gasteiger partial charge in [0.2, 0.25) is 5.91 Å². The zero-order valence-electron chi connectivity index (χ0n) is 14.6. The lowest BCUT2D eigenvalue weighted by molar-refractivity contribution is -0.121. The summed E-state index contributed by atoms with van der Waals surface area (Å²) in [5, 5.41) is 2.96. The highest BCUT2D eigenvalue weighted by molar-refractivity contribution is 5.79. The molecule has 1 N–H and O–H groups in total. The molecule has 0 saturated heterocycles. The number of halogens is 1. The van der Waals surface area contributed by atoms with Crippen molar-refractivity contribution in [2.24, 2.45) is 7.05 Å². The standard InChI is InChI=1S/C20H20FN3O2/c1-24-12-11-22-20(24)19(14-7-9-16(26-2)10-8-14)23-18(25)13-15-5-3-4-6-17(15)21/h3-12,19H,13H2,1-2H3,(H,23,25)/t19-/m0/s1. The fourth-order valence-corrected chi connectivity index (χ4v) is 2.78. The Labute approximate surface area is 151 Å². The Kier molecular flexibility index (Phi) is 5.31. The van der Waals surface area contributed by atoms with Gasteiger partial charge < -0.3 is 14.6 Å². The molecular weight excluding hydrogens is 333 g/mol. The van der Waals surface area contributed by atoms with Crippen LogP contribution in [0.1, 0.15) is 23.0 Å². The van der Waals surface area contributed by atoms with Crippen LogP contribution >= 0.6 is 0 Å². The first-order chi connectivity index (χ1) is 12.6. The van der Waals surface area contributed by atoms with Crippen LogP contribution in [0.5, 0.6) is 5.75 Å². The molecule has 5 nitrogen and oxygen atoms in total. The van der Waals surface area contributed by atoms with Crippen molar-refractivity contribution in [1.29, 1.82) is 0 Å². The van der Waals surface area contributed by atoms with Crippen LogP contribution in [0.2, 0.25) is 0 Å². The van der Waals surface area contributed by atoms with Crippen LogP contribution in [0.4, 0.5) is 4.39 Å². The molecule has 1 heterocycles. The van der Waals surface area contributed by atoms with Crippen molar-refractivity contribution in [2.45, 2.75) is 12.5 Å². The highest BCUT2D eigenvalue weighted by Crippen LogP contribution is 2.23. The van der Waals surface area contributed by atoms with Crippen LogP contribution in [0, 0.1) is 5.82 Å². The van der Waals surface area contributed by atoms with Gasteiger partial charge in [-0.05, 0) is 29.3 Å². The molecule has 1 amide bonds. The van der Waals surface area contributed by atoms with E-state index in [1.807, 2.05) is 42.1 Å². The van der Waals surface area contributed by atoms with Crippen molar-refractivity contribution in [1.82, 2.24) is 14.9 Å². The van der Waals surface area contributed by atoms with Crippen molar-refractivity contribution < 1.29 is 13.9 Å². The molecule has 26 heavy (non-hydrogen) atoms. The van der Waals surface area contributed by atoms with E-state index in [1.165, 1.54) is 6.07 Å². The molecule has 0 fully saturated rings. The minimum Gasteiger partial charge on any atom is -0.497 e. The summed E-state index contributed by atoms with van der Waals surface area (Å²) < 4.78 is 20.9. The van der Waals surface area contributed by atoms with Gasteiger partial charge in [0.1, 0.15) is 23.4 Å². The van der Waals surface area contributed by atoms with E-state index in [0.29, 0.717) is 11.4 Å². The van der Waals surface area contributed by atoms with Crippen LogP contribution in [0.25, 0.3) is 0 Å². The average molecular weight is 353 g/mol. The highest BCUT2D eigenvalue weighted by Gasteiger charge is 2.21. The maximum atomic E-state index is 13.8. The summed E-state index contributed by atoms with van der Waals surface area (Å²) in [4.78, 5) is 16.9. The number of nitrogens with zero attached hydrogens (tertiary/aromatic N) is 2. The first kappa shape index (κ1) is 17.7. The Hall–Kier alpha value is -3.15. The SMILES string of the molecule is COc1ccc([C@H](NC(=O)Cc2ccccc2F)c2nccn2C)cc1. The van der Waals surface area contributed by atoms with Crippen LogP contribution in [0.15, 0.2) is 60.9 Å². The van der Waals surface area contributed by atoms with Gasteiger partial charge in [-0.25, -0.2) is 9.37 Å². The van der Waals surface area contributed by atoms with Crippen molar-refractivity contribution in [2.75, 3.05) is 7.11 Å². The number of hydrogen-bond acceptors (Lipinski definition) is 3. The number of aryl methyl sites for hydroxylation is 1. The lowest BCUT2D eigenvalue weighted by atomic mass is 10.0. The Morgan fingerprint density at radius 3 is 2.58 bits per heavy atom. The molecule has 3 rings (SSSR count). The number of aromatic nitrogens is 2. The summed E-state index contributed by atoms with van der Waals surface area (Å²) in [7, 11) is 3.46. The molecule has 3 aromatic rings. The smallest absolute Gasteiger partial charge is 0.225 e. The molecule has 0 bridgehead atoms. The second kappa shape index (κ2) is 7.82. The first-order valence-corrected chi connectivity index (χ1v) is 8.22. The van der Waals surface area contributed by atoms with E-state index in [2.05, 4.69) is 10.3 Å². The van der Waals surface area contributed by atoms with Gasteiger partial charge >= 0.3 is 0 Å². The van der Waals surface area contributed by atoms with Gasteiger partial charge in [0.25, 0.3) is 0 Å². The predicted octanol–water partition coefficient (Wildman–Crippen LogP) is 3.02. The molecule has 0 unspecified atom stereocenters. The summed E-state index contributed by atoms with van der Waals surface area (Å²) in [6.07, 6.45) is 3.45. The van der Waals surface area contributed by atoms with Gasteiger partial charge in [0.05, 0.1) is 13.5 Å². The zero-order valence-corrected chi connectivity index (χ0v) is 14.6. The van der Waals surface area contributed by atoms with Crippen LogP contribution in [0.3, 0.4) is 0 Å². The maximum Gasteiger partial charge on any atom is 0.225 e. The van der Waals surface area contributed by atoms with E-state index in [0.717, 1.165) is 11.3 Å². The topological polar surface area (TPSA) is 56.1 Å². The average Bonchev–Trinajstić information content (AvgIpc) is 3.07. The third kappa shape index (κ3) is 3.91. The Bertz CT molecular complexity index is 890. The molecule has 0 saturated carbocycles. The normalized spacial score (nSPS) is 11.8. The zero-order chi connectivity index (χ0) is 18.5. The second-order valence-corrected chi connectivity index (χ2v) is 5.94. The van der Waals surface area contributed by atoms with Gasteiger partial charge in [0.15, 0.2) is 0 Å². The first-order valence-electron chi connectivity index (χ1n) is 8.22. The summed E-state index contributed by atoms with van der Waals surface area (Å²) in [6, 6.07) is 13.2. The number of amides is 1. The minimum absolute atomic E-state index is 0.0379. The number of carbonyl (C=O) groups is 1. The molecule has 134 valence electrons.